The van der Waals surface area contributed by atoms with Crippen LogP contribution in [0.5, 0.6) is 11.6 Å². The van der Waals surface area contributed by atoms with Gasteiger partial charge in [0.1, 0.15) is 11.4 Å². The molecule has 0 saturated carbocycles. The molecule has 0 aliphatic rings. The summed E-state index contributed by atoms with van der Waals surface area (Å²) >= 11 is 0.763. The summed E-state index contributed by atoms with van der Waals surface area (Å²) in [6.07, 6.45) is 3.15. The number of rotatable bonds is 5. The summed E-state index contributed by atoms with van der Waals surface area (Å²) in [5.74, 6) is 0.455. The van der Waals surface area contributed by atoms with Gasteiger partial charge in [0.15, 0.2) is 5.65 Å². The Hall–Kier alpha value is -2.98. The van der Waals surface area contributed by atoms with Gasteiger partial charge in [0.2, 0.25) is 18.1 Å². The Labute approximate surface area is 151 Å². The molecule has 0 aliphatic carbocycles. The number of aromatic nitrogens is 5. The maximum Gasteiger partial charge on any atom is 0.356 e. The van der Waals surface area contributed by atoms with E-state index in [1.807, 2.05) is 19.9 Å². The normalized spacial score (nSPS) is 11.5. The molecule has 0 bridgehead atoms. The van der Waals surface area contributed by atoms with Crippen molar-refractivity contribution in [3.05, 3.63) is 52.7 Å². The van der Waals surface area contributed by atoms with Crippen LogP contribution in [-0.4, -0.2) is 35.3 Å². The molecule has 0 aliphatic heterocycles. The third-order valence-electron chi connectivity index (χ3n) is 3.69. The molecular formula is C16H15N5O4S. The number of imidazole rings is 1. The minimum absolute atomic E-state index is 0.0330. The zero-order valence-electron chi connectivity index (χ0n) is 14.0. The molecule has 4 rings (SSSR count). The summed E-state index contributed by atoms with van der Waals surface area (Å²) in [5.41, 5.74) is 1.54. The zero-order valence-corrected chi connectivity index (χ0v) is 14.8. The number of nitrogens with zero attached hydrogens (tertiary/aromatic N) is 5. The van der Waals surface area contributed by atoms with Crippen LogP contribution in [0.25, 0.3) is 17.1 Å². The van der Waals surface area contributed by atoms with Crippen LogP contribution in [-0.2, 0) is 4.18 Å². The molecule has 0 saturated heterocycles. The Kier molecular flexibility index (Phi) is 4.05. The van der Waals surface area contributed by atoms with Gasteiger partial charge in [-0.3, -0.25) is 8.58 Å². The van der Waals surface area contributed by atoms with Crippen LogP contribution in [0.1, 0.15) is 12.5 Å². The van der Waals surface area contributed by atoms with Crippen LogP contribution < -0.4 is 9.87 Å². The van der Waals surface area contributed by atoms with Crippen molar-refractivity contribution < 1.29 is 13.5 Å². The van der Waals surface area contributed by atoms with E-state index in [4.69, 9.17) is 8.37 Å². The first-order valence-corrected chi connectivity index (χ1v) is 8.51. The minimum Gasteiger partial charge on any atom is -0.506 e. The predicted octanol–water partition coefficient (Wildman–Crippen LogP) is 2.13. The molecule has 4 aromatic heterocycles. The fourth-order valence-corrected chi connectivity index (χ4v) is 2.90. The van der Waals surface area contributed by atoms with Gasteiger partial charge in [-0.2, -0.15) is 4.68 Å². The molecule has 0 amide bonds. The summed E-state index contributed by atoms with van der Waals surface area (Å²) in [7, 11) is 0. The first-order chi connectivity index (χ1) is 12.6. The lowest BCUT2D eigenvalue weighted by Crippen LogP contribution is -2.20. The van der Waals surface area contributed by atoms with Crippen molar-refractivity contribution in [2.24, 2.45) is 0 Å². The van der Waals surface area contributed by atoms with E-state index in [1.54, 1.807) is 18.3 Å². The minimum atomic E-state index is -0.373. The highest BCUT2D eigenvalue weighted by atomic mass is 32.2. The van der Waals surface area contributed by atoms with E-state index >= 15 is 0 Å². The van der Waals surface area contributed by atoms with Gasteiger partial charge in [0.25, 0.3) is 5.88 Å². The molecule has 0 aromatic carbocycles. The molecular weight excluding hydrogens is 358 g/mol. The standard InChI is InChI=1S/C16H15N5O4S/c1-3-24-26-25-15-14(17-12-7-5-11(22)9-19(12)15)21-16(23)20-8-10(2)4-6-13(20)18-21/h4-9,22H,3H2,1-2H3. The third-order valence-corrected chi connectivity index (χ3v) is 4.24. The van der Waals surface area contributed by atoms with Crippen molar-refractivity contribution in [1.82, 2.24) is 23.6 Å². The van der Waals surface area contributed by atoms with Crippen LogP contribution in [0.4, 0.5) is 0 Å². The monoisotopic (exact) mass is 373 g/mol. The second-order valence-electron chi connectivity index (χ2n) is 5.54. The summed E-state index contributed by atoms with van der Waals surface area (Å²) in [5, 5.41) is 14.1. The number of fused-ring (bicyclic) bond motifs is 2. The molecule has 4 aromatic rings. The second kappa shape index (κ2) is 6.39. The van der Waals surface area contributed by atoms with Gasteiger partial charge >= 0.3 is 5.69 Å². The highest BCUT2D eigenvalue weighted by molar-refractivity contribution is 7.90. The number of hydrogen-bond donors (Lipinski definition) is 1. The molecule has 26 heavy (non-hydrogen) atoms. The second-order valence-corrected chi connectivity index (χ2v) is 6.08. The molecule has 0 atom stereocenters. The number of aryl methyl sites for hydroxylation is 1. The number of hydrogen-bond acceptors (Lipinski definition) is 7. The van der Waals surface area contributed by atoms with E-state index in [1.165, 1.54) is 25.7 Å². The Morgan fingerprint density at radius 1 is 1.15 bits per heavy atom. The van der Waals surface area contributed by atoms with E-state index in [0.717, 1.165) is 17.9 Å². The van der Waals surface area contributed by atoms with Crippen LogP contribution in [0, 0.1) is 6.92 Å². The molecule has 134 valence electrons. The summed E-state index contributed by atoms with van der Waals surface area (Å²) < 4.78 is 14.9. The average Bonchev–Trinajstić information content (AvgIpc) is 3.13. The van der Waals surface area contributed by atoms with Crippen LogP contribution >= 0.6 is 12.3 Å². The van der Waals surface area contributed by atoms with Gasteiger partial charge in [-0.1, -0.05) is 6.07 Å². The molecule has 4 heterocycles. The highest BCUT2D eigenvalue weighted by Gasteiger charge is 2.21. The van der Waals surface area contributed by atoms with Crippen LogP contribution in [0.2, 0.25) is 0 Å². The zero-order chi connectivity index (χ0) is 18.3. The van der Waals surface area contributed by atoms with Crippen LogP contribution in [0.3, 0.4) is 0 Å². The topological polar surface area (TPSA) is 95.3 Å². The average molecular weight is 373 g/mol. The van der Waals surface area contributed by atoms with E-state index in [-0.39, 0.29) is 23.1 Å². The first-order valence-electron chi connectivity index (χ1n) is 7.84. The maximum absolute atomic E-state index is 12.8. The number of aromatic hydroxyl groups is 1. The summed E-state index contributed by atoms with van der Waals surface area (Å²) in [6.45, 7) is 4.16. The van der Waals surface area contributed by atoms with Gasteiger partial charge in [0, 0.05) is 6.20 Å². The lowest BCUT2D eigenvalue weighted by atomic mass is 10.3. The Balaban J connectivity index is 1.94. The van der Waals surface area contributed by atoms with E-state index < -0.39 is 0 Å². The van der Waals surface area contributed by atoms with E-state index in [0.29, 0.717) is 17.9 Å². The Morgan fingerprint density at radius 2 is 1.96 bits per heavy atom. The van der Waals surface area contributed by atoms with Crippen LogP contribution in [0.15, 0.2) is 41.5 Å². The maximum atomic E-state index is 12.8. The van der Waals surface area contributed by atoms with Crippen molar-refractivity contribution >= 4 is 23.6 Å². The molecule has 1 N–H and O–H groups in total. The van der Waals surface area contributed by atoms with Crippen molar-refractivity contribution in [2.75, 3.05) is 6.61 Å². The van der Waals surface area contributed by atoms with Gasteiger partial charge < -0.3 is 9.29 Å². The lowest BCUT2D eigenvalue weighted by Gasteiger charge is -2.04. The van der Waals surface area contributed by atoms with Gasteiger partial charge in [-0.25, -0.2) is 14.2 Å². The van der Waals surface area contributed by atoms with Crippen molar-refractivity contribution in [3.63, 3.8) is 0 Å². The first kappa shape index (κ1) is 16.5. The third kappa shape index (κ3) is 2.68. The van der Waals surface area contributed by atoms with Gasteiger partial charge in [0.05, 0.1) is 12.8 Å². The van der Waals surface area contributed by atoms with Crippen molar-refractivity contribution in [2.45, 2.75) is 13.8 Å². The highest BCUT2D eigenvalue weighted by Crippen LogP contribution is 2.28. The van der Waals surface area contributed by atoms with Crippen molar-refractivity contribution in [1.29, 1.82) is 0 Å². The smallest absolute Gasteiger partial charge is 0.356 e. The van der Waals surface area contributed by atoms with Gasteiger partial charge in [-0.05, 0) is 37.6 Å². The Bertz CT molecular complexity index is 1160. The van der Waals surface area contributed by atoms with E-state index in [9.17, 15) is 9.90 Å². The quantitative estimate of drug-likeness (QED) is 0.423. The lowest BCUT2D eigenvalue weighted by molar-refractivity contribution is 0.366. The summed E-state index contributed by atoms with van der Waals surface area (Å²) in [6, 6.07) is 6.74. The summed E-state index contributed by atoms with van der Waals surface area (Å²) in [4.78, 5) is 17.2. The predicted molar refractivity (Wildman–Crippen MR) is 95.8 cm³/mol. The Morgan fingerprint density at radius 3 is 2.77 bits per heavy atom. The molecule has 0 fully saturated rings. The molecule has 9 nitrogen and oxygen atoms in total. The molecule has 10 heteroatoms. The number of pyridine rings is 2. The fourth-order valence-electron chi connectivity index (χ4n) is 2.54. The fraction of sp³-hybridized carbons (Fsp3) is 0.188. The SMILES string of the molecule is CCOSOc1c(-n2nc3ccc(C)cn3c2=O)nc2ccc(O)cn12. The molecule has 0 spiro atoms. The van der Waals surface area contributed by atoms with Crippen molar-refractivity contribution in [3.8, 4) is 17.4 Å². The largest absolute Gasteiger partial charge is 0.506 e. The molecule has 0 radical (unpaired) electrons. The molecule has 0 unspecified atom stereocenters. The van der Waals surface area contributed by atoms with Gasteiger partial charge in [-0.15, -0.1) is 5.10 Å². The van der Waals surface area contributed by atoms with E-state index in [2.05, 4.69) is 10.1 Å².